The van der Waals surface area contributed by atoms with Crippen molar-refractivity contribution in [2.75, 3.05) is 0 Å². The lowest BCUT2D eigenvalue weighted by Crippen LogP contribution is -2.41. The normalized spacial score (nSPS) is 26.8. The first-order valence-electron chi connectivity index (χ1n) is 5.43. The molecule has 0 saturated heterocycles. The third-order valence-corrected chi connectivity index (χ3v) is 3.64. The van der Waals surface area contributed by atoms with Gasteiger partial charge < -0.3 is 14.9 Å². The lowest BCUT2D eigenvalue weighted by molar-refractivity contribution is -0.248. The van der Waals surface area contributed by atoms with Gasteiger partial charge in [0.15, 0.2) is 0 Å². The average Bonchev–Trinajstić information content (AvgIpc) is 2.20. The van der Waals surface area contributed by atoms with Crippen molar-refractivity contribution >= 4 is 21.9 Å². The topological polar surface area (TPSA) is 66.8 Å². The number of carboxylic acid groups (broad SMARTS) is 1. The summed E-state index contributed by atoms with van der Waals surface area (Å²) in [5.74, 6) is -3.77. The van der Waals surface area contributed by atoms with Gasteiger partial charge in [0.25, 0.3) is 0 Å². The Morgan fingerprint density at radius 2 is 2.33 bits per heavy atom. The molecule has 0 fully saturated rings. The van der Waals surface area contributed by atoms with Crippen LogP contribution in [0.3, 0.4) is 0 Å². The van der Waals surface area contributed by atoms with Crippen LogP contribution in [-0.4, -0.2) is 22.3 Å². The standard InChI is InChI=1S/C12H12BrFO4/c1-6-4-7-2-3-8(14)11(13)10(7)12(17,18-6)5-9(15)16/h2-3,6,17H,4-5H2,1H3,(H,15,16)/t6-,12?/m1/s1. The highest BCUT2D eigenvalue weighted by molar-refractivity contribution is 9.10. The quantitative estimate of drug-likeness (QED) is 0.877. The first kappa shape index (κ1) is 13.5. The number of ether oxygens (including phenoxy) is 1. The van der Waals surface area contributed by atoms with Gasteiger partial charge in [-0.3, -0.25) is 4.79 Å². The minimum absolute atomic E-state index is 0.0515. The van der Waals surface area contributed by atoms with Gasteiger partial charge >= 0.3 is 5.97 Å². The monoisotopic (exact) mass is 318 g/mol. The molecule has 0 bridgehead atoms. The second-order valence-electron chi connectivity index (χ2n) is 4.38. The van der Waals surface area contributed by atoms with Crippen molar-refractivity contribution in [2.24, 2.45) is 0 Å². The molecule has 0 aliphatic carbocycles. The average molecular weight is 319 g/mol. The summed E-state index contributed by atoms with van der Waals surface area (Å²) in [7, 11) is 0. The number of halogens is 2. The van der Waals surface area contributed by atoms with Gasteiger partial charge in [0.1, 0.15) is 12.2 Å². The molecule has 18 heavy (non-hydrogen) atoms. The molecule has 1 aromatic carbocycles. The number of aliphatic carboxylic acids is 1. The molecule has 1 aliphatic rings. The van der Waals surface area contributed by atoms with Crippen LogP contribution in [-0.2, 0) is 21.7 Å². The Bertz CT molecular complexity index is 505. The van der Waals surface area contributed by atoms with Gasteiger partial charge in [-0.15, -0.1) is 0 Å². The molecule has 1 aromatic rings. The second-order valence-corrected chi connectivity index (χ2v) is 5.18. The van der Waals surface area contributed by atoms with E-state index in [9.17, 15) is 14.3 Å². The Labute approximate surface area is 112 Å². The van der Waals surface area contributed by atoms with Gasteiger partial charge in [-0.05, 0) is 40.9 Å². The Balaban J connectivity index is 2.59. The van der Waals surface area contributed by atoms with Gasteiger partial charge in [-0.1, -0.05) is 6.07 Å². The number of carboxylic acids is 1. The Kier molecular flexibility index (Phi) is 3.44. The number of hydrogen-bond acceptors (Lipinski definition) is 3. The van der Waals surface area contributed by atoms with Gasteiger partial charge in [0.05, 0.1) is 10.6 Å². The number of fused-ring (bicyclic) bond motifs is 1. The van der Waals surface area contributed by atoms with Crippen molar-refractivity contribution in [1.82, 2.24) is 0 Å². The van der Waals surface area contributed by atoms with E-state index in [-0.39, 0.29) is 16.1 Å². The van der Waals surface area contributed by atoms with Crippen LogP contribution in [0.15, 0.2) is 16.6 Å². The third-order valence-electron chi connectivity index (χ3n) is 2.87. The van der Waals surface area contributed by atoms with E-state index in [1.807, 2.05) is 0 Å². The Morgan fingerprint density at radius 3 is 2.94 bits per heavy atom. The molecule has 4 nitrogen and oxygen atoms in total. The van der Waals surface area contributed by atoms with Gasteiger partial charge in [-0.25, -0.2) is 4.39 Å². The summed E-state index contributed by atoms with van der Waals surface area (Å²) in [5.41, 5.74) is 0.855. The van der Waals surface area contributed by atoms with E-state index < -0.39 is 24.0 Å². The van der Waals surface area contributed by atoms with Crippen LogP contribution in [0, 0.1) is 5.82 Å². The summed E-state index contributed by atoms with van der Waals surface area (Å²) < 4.78 is 18.9. The Morgan fingerprint density at radius 1 is 1.67 bits per heavy atom. The van der Waals surface area contributed by atoms with Crippen molar-refractivity contribution in [1.29, 1.82) is 0 Å². The van der Waals surface area contributed by atoms with Crippen LogP contribution in [0.5, 0.6) is 0 Å². The minimum Gasteiger partial charge on any atom is -0.481 e. The first-order valence-corrected chi connectivity index (χ1v) is 6.22. The third kappa shape index (κ3) is 2.28. The van der Waals surface area contributed by atoms with Crippen molar-refractivity contribution in [2.45, 2.75) is 31.7 Å². The summed E-state index contributed by atoms with van der Waals surface area (Å²) >= 11 is 3.04. The molecule has 2 atom stereocenters. The van der Waals surface area contributed by atoms with Crippen LogP contribution in [0.2, 0.25) is 0 Å². The number of aliphatic hydroxyl groups is 1. The lowest BCUT2D eigenvalue weighted by Gasteiger charge is -2.37. The number of rotatable bonds is 2. The van der Waals surface area contributed by atoms with E-state index in [0.29, 0.717) is 12.0 Å². The van der Waals surface area contributed by atoms with Crippen LogP contribution in [0.4, 0.5) is 4.39 Å². The highest BCUT2D eigenvalue weighted by atomic mass is 79.9. The summed E-state index contributed by atoms with van der Waals surface area (Å²) in [6.45, 7) is 1.73. The maximum atomic E-state index is 13.5. The maximum Gasteiger partial charge on any atom is 0.309 e. The zero-order chi connectivity index (χ0) is 13.5. The van der Waals surface area contributed by atoms with Crippen LogP contribution in [0.25, 0.3) is 0 Å². The van der Waals surface area contributed by atoms with Crippen molar-refractivity contribution in [3.8, 4) is 0 Å². The summed E-state index contributed by atoms with van der Waals surface area (Å²) in [4.78, 5) is 10.8. The van der Waals surface area contributed by atoms with E-state index in [2.05, 4.69) is 15.9 Å². The van der Waals surface area contributed by atoms with Gasteiger partial charge in [-0.2, -0.15) is 0 Å². The SMILES string of the molecule is C[C@@H]1Cc2ccc(F)c(Br)c2C(O)(CC(=O)O)O1. The molecule has 1 unspecified atom stereocenters. The van der Waals surface area contributed by atoms with E-state index in [4.69, 9.17) is 9.84 Å². The summed E-state index contributed by atoms with van der Waals surface area (Å²) in [6, 6.07) is 2.82. The molecule has 98 valence electrons. The molecule has 0 spiro atoms. The van der Waals surface area contributed by atoms with Crippen molar-refractivity contribution in [3.05, 3.63) is 33.5 Å². The summed E-state index contributed by atoms with van der Waals surface area (Å²) in [6.07, 6.45) is -0.470. The van der Waals surface area contributed by atoms with E-state index in [1.165, 1.54) is 6.07 Å². The zero-order valence-electron chi connectivity index (χ0n) is 9.61. The van der Waals surface area contributed by atoms with E-state index >= 15 is 0 Å². The number of hydrogen-bond donors (Lipinski definition) is 2. The molecule has 2 N–H and O–H groups in total. The largest absolute Gasteiger partial charge is 0.481 e. The maximum absolute atomic E-state index is 13.5. The predicted molar refractivity (Wildman–Crippen MR) is 64.5 cm³/mol. The zero-order valence-corrected chi connectivity index (χ0v) is 11.2. The lowest BCUT2D eigenvalue weighted by atomic mass is 9.90. The molecule has 0 saturated carbocycles. The van der Waals surface area contributed by atoms with Gasteiger partial charge in [0, 0.05) is 5.56 Å². The predicted octanol–water partition coefficient (Wildman–Crippen LogP) is 2.17. The van der Waals surface area contributed by atoms with Crippen LogP contribution < -0.4 is 0 Å². The van der Waals surface area contributed by atoms with Crippen LogP contribution in [0.1, 0.15) is 24.5 Å². The fourth-order valence-electron chi connectivity index (χ4n) is 2.26. The van der Waals surface area contributed by atoms with Crippen LogP contribution >= 0.6 is 15.9 Å². The molecular formula is C12H12BrFO4. The molecule has 2 rings (SSSR count). The fraction of sp³-hybridized carbons (Fsp3) is 0.417. The highest BCUT2D eigenvalue weighted by Crippen LogP contribution is 2.41. The first-order chi connectivity index (χ1) is 8.33. The number of carbonyl (C=O) groups is 1. The second kappa shape index (κ2) is 4.60. The molecule has 1 aliphatic heterocycles. The van der Waals surface area contributed by atoms with Crippen molar-refractivity contribution < 1.29 is 24.1 Å². The highest BCUT2D eigenvalue weighted by Gasteiger charge is 2.42. The van der Waals surface area contributed by atoms with E-state index in [1.54, 1.807) is 13.0 Å². The molecule has 0 radical (unpaired) electrons. The molecule has 0 aromatic heterocycles. The molecule has 0 amide bonds. The molecule has 1 heterocycles. The summed E-state index contributed by atoms with van der Waals surface area (Å²) in [5, 5.41) is 19.2. The minimum atomic E-state index is -2.00. The van der Waals surface area contributed by atoms with Gasteiger partial charge in [0.2, 0.25) is 5.79 Å². The molecule has 6 heteroatoms. The fourth-order valence-corrected chi connectivity index (χ4v) is 2.96. The smallest absolute Gasteiger partial charge is 0.309 e. The molecular weight excluding hydrogens is 307 g/mol. The number of benzene rings is 1. The van der Waals surface area contributed by atoms with E-state index in [0.717, 1.165) is 0 Å². The Hall–Kier alpha value is -0.980. The van der Waals surface area contributed by atoms with Crippen molar-refractivity contribution in [3.63, 3.8) is 0 Å².